The van der Waals surface area contributed by atoms with Gasteiger partial charge in [0.15, 0.2) is 6.29 Å². The zero-order valence-electron chi connectivity index (χ0n) is 11.1. The molecule has 0 saturated carbocycles. The average Bonchev–Trinajstić information content (AvgIpc) is 2.73. The summed E-state index contributed by atoms with van der Waals surface area (Å²) in [6.45, 7) is 1.95. The summed E-state index contributed by atoms with van der Waals surface area (Å²) in [4.78, 5) is 11.7. The molecule has 1 saturated heterocycles. The van der Waals surface area contributed by atoms with Crippen LogP contribution in [0.3, 0.4) is 0 Å². The van der Waals surface area contributed by atoms with Crippen molar-refractivity contribution in [3.63, 3.8) is 0 Å². The zero-order chi connectivity index (χ0) is 14.5. The van der Waals surface area contributed by atoms with Gasteiger partial charge in [-0.25, -0.2) is 4.79 Å². The van der Waals surface area contributed by atoms with Crippen LogP contribution < -0.4 is 0 Å². The minimum absolute atomic E-state index is 0.143. The Bertz CT molecular complexity index is 435. The third-order valence-electron chi connectivity index (χ3n) is 3.06. The van der Waals surface area contributed by atoms with Crippen LogP contribution in [0.4, 0.5) is 0 Å². The van der Waals surface area contributed by atoms with Gasteiger partial charge in [0.1, 0.15) is 24.9 Å². The van der Waals surface area contributed by atoms with Crippen LogP contribution in [0, 0.1) is 0 Å². The summed E-state index contributed by atoms with van der Waals surface area (Å²) in [5.74, 6) is -0.504. The van der Waals surface area contributed by atoms with E-state index in [1.807, 2.05) is 0 Å². The lowest BCUT2D eigenvalue weighted by molar-refractivity contribution is -0.146. The molecule has 4 unspecified atom stereocenters. The molecule has 20 heavy (non-hydrogen) atoms. The van der Waals surface area contributed by atoms with Gasteiger partial charge >= 0.3 is 5.97 Å². The fraction of sp³-hybridized carbons (Fsp3) is 0.500. The third-order valence-corrected chi connectivity index (χ3v) is 3.06. The molecule has 110 valence electrons. The van der Waals surface area contributed by atoms with Gasteiger partial charge in [-0.05, 0) is 19.1 Å². The molecule has 1 aliphatic heterocycles. The van der Waals surface area contributed by atoms with E-state index < -0.39 is 30.6 Å². The molecule has 0 aromatic heterocycles. The van der Waals surface area contributed by atoms with Gasteiger partial charge in [-0.2, -0.15) is 0 Å². The number of ether oxygens (including phenoxy) is 3. The van der Waals surface area contributed by atoms with Gasteiger partial charge in [-0.15, -0.1) is 0 Å². The topological polar surface area (TPSA) is 85.2 Å². The first kappa shape index (κ1) is 14.9. The van der Waals surface area contributed by atoms with Crippen LogP contribution in [-0.2, 0) is 14.2 Å². The van der Waals surface area contributed by atoms with Crippen molar-refractivity contribution in [2.45, 2.75) is 31.5 Å². The van der Waals surface area contributed by atoms with Crippen molar-refractivity contribution in [3.8, 4) is 0 Å². The first-order valence-electron chi connectivity index (χ1n) is 6.49. The maximum atomic E-state index is 11.7. The van der Waals surface area contributed by atoms with E-state index in [1.165, 1.54) is 0 Å². The van der Waals surface area contributed by atoms with Crippen LogP contribution in [0.5, 0.6) is 0 Å². The van der Waals surface area contributed by atoms with E-state index in [-0.39, 0.29) is 6.61 Å². The summed E-state index contributed by atoms with van der Waals surface area (Å²) in [6.07, 6.45) is -3.87. The molecule has 0 aliphatic carbocycles. The van der Waals surface area contributed by atoms with E-state index in [0.29, 0.717) is 12.2 Å². The highest BCUT2D eigenvalue weighted by Gasteiger charge is 2.44. The molecule has 0 bridgehead atoms. The fourth-order valence-corrected chi connectivity index (χ4v) is 2.04. The summed E-state index contributed by atoms with van der Waals surface area (Å²) in [5.41, 5.74) is 0.418. The number of carbonyl (C=O) groups excluding carboxylic acids is 1. The highest BCUT2D eigenvalue weighted by atomic mass is 16.7. The van der Waals surface area contributed by atoms with E-state index in [2.05, 4.69) is 0 Å². The van der Waals surface area contributed by atoms with Crippen LogP contribution in [0.1, 0.15) is 17.3 Å². The molecule has 1 heterocycles. The predicted octanol–water partition coefficient (Wildman–Crippen LogP) is 0.327. The van der Waals surface area contributed by atoms with Crippen LogP contribution in [0.15, 0.2) is 30.3 Å². The van der Waals surface area contributed by atoms with Crippen molar-refractivity contribution in [1.29, 1.82) is 0 Å². The van der Waals surface area contributed by atoms with Gasteiger partial charge in [-0.1, -0.05) is 18.2 Å². The first-order chi connectivity index (χ1) is 9.63. The number of carbonyl (C=O) groups is 1. The molecule has 1 aromatic rings. The zero-order valence-corrected chi connectivity index (χ0v) is 11.1. The molecule has 4 atom stereocenters. The second-order valence-corrected chi connectivity index (χ2v) is 4.44. The van der Waals surface area contributed by atoms with Gasteiger partial charge in [0.05, 0.1) is 5.56 Å². The van der Waals surface area contributed by atoms with Gasteiger partial charge in [0.2, 0.25) is 0 Å². The predicted molar refractivity (Wildman–Crippen MR) is 69.0 cm³/mol. The molecule has 0 amide bonds. The fourth-order valence-electron chi connectivity index (χ4n) is 2.04. The molecule has 1 aromatic carbocycles. The molecule has 0 spiro atoms. The standard InChI is InChI=1S/C14H18O6/c1-2-18-12-11(15)10(20-14(12)17)8-19-13(16)9-6-4-3-5-7-9/h3-7,10-12,14-15,17H,2,8H2,1H3. The van der Waals surface area contributed by atoms with Gasteiger partial charge in [-0.3, -0.25) is 0 Å². The minimum atomic E-state index is -1.22. The summed E-state index contributed by atoms with van der Waals surface area (Å²) >= 11 is 0. The first-order valence-corrected chi connectivity index (χ1v) is 6.49. The molecule has 0 radical (unpaired) electrons. The van der Waals surface area contributed by atoms with E-state index in [9.17, 15) is 15.0 Å². The Labute approximate surface area is 116 Å². The smallest absolute Gasteiger partial charge is 0.338 e. The molecule has 1 aliphatic rings. The second kappa shape index (κ2) is 6.81. The SMILES string of the molecule is CCOC1C(O)OC(COC(=O)c2ccccc2)C1O. The van der Waals surface area contributed by atoms with E-state index >= 15 is 0 Å². The molecule has 6 heteroatoms. The van der Waals surface area contributed by atoms with E-state index in [0.717, 1.165) is 0 Å². The summed E-state index contributed by atoms with van der Waals surface area (Å²) in [7, 11) is 0. The molecule has 2 N–H and O–H groups in total. The highest BCUT2D eigenvalue weighted by molar-refractivity contribution is 5.89. The Morgan fingerprint density at radius 3 is 2.65 bits per heavy atom. The lowest BCUT2D eigenvalue weighted by Crippen LogP contribution is -2.37. The average molecular weight is 282 g/mol. The van der Waals surface area contributed by atoms with Crippen molar-refractivity contribution >= 4 is 5.97 Å². The second-order valence-electron chi connectivity index (χ2n) is 4.44. The number of hydrogen-bond acceptors (Lipinski definition) is 6. The van der Waals surface area contributed by atoms with Gasteiger partial charge in [0.25, 0.3) is 0 Å². The monoisotopic (exact) mass is 282 g/mol. The van der Waals surface area contributed by atoms with Crippen molar-refractivity contribution in [3.05, 3.63) is 35.9 Å². The van der Waals surface area contributed by atoms with Crippen LogP contribution in [0.2, 0.25) is 0 Å². The third kappa shape index (κ3) is 3.34. The maximum Gasteiger partial charge on any atom is 0.338 e. The van der Waals surface area contributed by atoms with Crippen molar-refractivity contribution in [2.24, 2.45) is 0 Å². The minimum Gasteiger partial charge on any atom is -0.459 e. The molecular weight excluding hydrogens is 264 g/mol. The van der Waals surface area contributed by atoms with Crippen LogP contribution in [-0.4, -0.2) is 54.0 Å². The highest BCUT2D eigenvalue weighted by Crippen LogP contribution is 2.23. The number of aliphatic hydroxyl groups is 2. The molecule has 6 nitrogen and oxygen atoms in total. The van der Waals surface area contributed by atoms with Gasteiger partial charge in [0, 0.05) is 6.61 Å². The van der Waals surface area contributed by atoms with Crippen molar-refractivity contribution in [1.82, 2.24) is 0 Å². The van der Waals surface area contributed by atoms with Crippen LogP contribution in [0.25, 0.3) is 0 Å². The summed E-state index contributed by atoms with van der Waals surface area (Å²) < 4.78 is 15.4. The number of aliphatic hydroxyl groups excluding tert-OH is 2. The van der Waals surface area contributed by atoms with Crippen molar-refractivity contribution < 1.29 is 29.2 Å². The molecule has 1 fully saturated rings. The summed E-state index contributed by atoms with van der Waals surface area (Å²) in [6, 6.07) is 8.51. The van der Waals surface area contributed by atoms with E-state index in [4.69, 9.17) is 14.2 Å². The molecule has 2 rings (SSSR count). The van der Waals surface area contributed by atoms with Crippen molar-refractivity contribution in [2.75, 3.05) is 13.2 Å². The normalized spacial score (nSPS) is 29.4. The molecular formula is C14H18O6. The number of benzene rings is 1. The number of rotatable bonds is 5. The largest absolute Gasteiger partial charge is 0.459 e. The summed E-state index contributed by atoms with van der Waals surface area (Å²) in [5, 5.41) is 19.5. The maximum absolute atomic E-state index is 11.7. The Hall–Kier alpha value is -1.47. The lowest BCUT2D eigenvalue weighted by Gasteiger charge is -2.17. The Balaban J connectivity index is 1.87. The lowest BCUT2D eigenvalue weighted by atomic mass is 10.1. The van der Waals surface area contributed by atoms with Crippen LogP contribution >= 0.6 is 0 Å². The quantitative estimate of drug-likeness (QED) is 0.757. The Morgan fingerprint density at radius 1 is 1.30 bits per heavy atom. The van der Waals surface area contributed by atoms with E-state index in [1.54, 1.807) is 37.3 Å². The Kier molecular flexibility index (Phi) is 5.08. The number of hydrogen-bond donors (Lipinski definition) is 2. The Morgan fingerprint density at radius 2 is 2.00 bits per heavy atom. The van der Waals surface area contributed by atoms with Gasteiger partial charge < -0.3 is 24.4 Å². The number of esters is 1.